The zero-order chi connectivity index (χ0) is 23.9. The number of likely N-dealkylation sites (tertiary alicyclic amines) is 1. The van der Waals surface area contributed by atoms with Crippen LogP contribution in [-0.4, -0.2) is 98.0 Å². The van der Waals surface area contributed by atoms with Gasteiger partial charge in [-0.2, -0.15) is 0 Å². The van der Waals surface area contributed by atoms with Crippen LogP contribution in [0.3, 0.4) is 0 Å². The number of benzene rings is 1. The molecule has 0 spiro atoms. The van der Waals surface area contributed by atoms with E-state index in [4.69, 9.17) is 29.3 Å². The summed E-state index contributed by atoms with van der Waals surface area (Å²) in [5, 5.41) is 16.8. The van der Waals surface area contributed by atoms with Crippen molar-refractivity contribution in [3.8, 4) is 5.75 Å². The summed E-state index contributed by atoms with van der Waals surface area (Å²) in [6.45, 7) is 8.99. The van der Waals surface area contributed by atoms with Gasteiger partial charge in [0, 0.05) is 52.2 Å². The summed E-state index contributed by atoms with van der Waals surface area (Å²) in [6.07, 6.45) is 1.73. The highest BCUT2D eigenvalue weighted by atomic mass is 16.5. The van der Waals surface area contributed by atoms with Gasteiger partial charge in [0.2, 0.25) is 5.91 Å². The first kappa shape index (κ1) is 26.6. The summed E-state index contributed by atoms with van der Waals surface area (Å²) < 4.78 is 11.4. The second-order valence-electron chi connectivity index (χ2n) is 8.24. The van der Waals surface area contributed by atoms with Gasteiger partial charge in [-0.15, -0.1) is 0 Å². The highest BCUT2D eigenvalue weighted by Gasteiger charge is 2.36. The second-order valence-corrected chi connectivity index (χ2v) is 8.24. The number of amides is 1. The molecule has 10 nitrogen and oxygen atoms in total. The number of rotatable bonds is 7. The van der Waals surface area contributed by atoms with E-state index in [9.17, 15) is 4.79 Å². The zero-order valence-electron chi connectivity index (χ0n) is 18.9. The van der Waals surface area contributed by atoms with Crippen LogP contribution in [0.2, 0.25) is 0 Å². The number of morpholine rings is 1. The van der Waals surface area contributed by atoms with Crippen LogP contribution in [0.1, 0.15) is 18.4 Å². The molecule has 0 radical (unpaired) electrons. The van der Waals surface area contributed by atoms with Crippen molar-refractivity contribution in [3.05, 3.63) is 29.8 Å². The zero-order valence-corrected chi connectivity index (χ0v) is 18.9. The van der Waals surface area contributed by atoms with Crippen molar-refractivity contribution in [2.75, 3.05) is 59.1 Å². The molecule has 3 saturated heterocycles. The third kappa shape index (κ3) is 9.77. The van der Waals surface area contributed by atoms with Gasteiger partial charge in [-0.1, -0.05) is 12.1 Å². The molecule has 184 valence electrons. The number of piperidine rings is 1. The number of hydrogen-bond acceptors (Lipinski definition) is 7. The first-order valence-electron chi connectivity index (χ1n) is 11.3. The van der Waals surface area contributed by atoms with Crippen LogP contribution < -0.4 is 10.1 Å². The molecule has 1 amide bonds. The van der Waals surface area contributed by atoms with Gasteiger partial charge in [0.05, 0.1) is 19.8 Å². The van der Waals surface area contributed by atoms with Gasteiger partial charge < -0.3 is 25.0 Å². The van der Waals surface area contributed by atoms with Crippen LogP contribution in [0.15, 0.2) is 24.3 Å². The third-order valence-corrected chi connectivity index (χ3v) is 5.96. The summed E-state index contributed by atoms with van der Waals surface area (Å²) in [4.78, 5) is 33.2. The molecule has 3 N–H and O–H groups in total. The van der Waals surface area contributed by atoms with Crippen LogP contribution in [0.4, 0.5) is 0 Å². The number of nitrogens with one attached hydrogen (secondary N) is 1. The molecule has 10 heteroatoms. The molecule has 33 heavy (non-hydrogen) atoms. The predicted molar refractivity (Wildman–Crippen MR) is 121 cm³/mol. The van der Waals surface area contributed by atoms with Gasteiger partial charge in [0.15, 0.2) is 0 Å². The Morgan fingerprint density at radius 1 is 1.09 bits per heavy atom. The Hall–Kier alpha value is -2.69. The van der Waals surface area contributed by atoms with Crippen molar-refractivity contribution in [2.24, 2.45) is 11.8 Å². The van der Waals surface area contributed by atoms with Crippen molar-refractivity contribution < 1.29 is 34.1 Å². The molecule has 0 aliphatic carbocycles. The average Bonchev–Trinajstić information content (AvgIpc) is 3.20. The lowest BCUT2D eigenvalue weighted by Gasteiger charge is -2.26. The highest BCUT2D eigenvalue weighted by Crippen LogP contribution is 2.29. The lowest BCUT2D eigenvalue weighted by atomic mass is 9.89. The molecular formula is C23H35N3O7. The lowest BCUT2D eigenvalue weighted by Crippen LogP contribution is -2.39. The molecule has 0 saturated carbocycles. The van der Waals surface area contributed by atoms with Crippen LogP contribution in [-0.2, 0) is 25.7 Å². The van der Waals surface area contributed by atoms with E-state index >= 15 is 0 Å². The smallest absolute Gasteiger partial charge is 0.290 e. The molecule has 4 rings (SSSR count). The van der Waals surface area contributed by atoms with E-state index in [0.717, 1.165) is 77.8 Å². The van der Waals surface area contributed by atoms with Gasteiger partial charge in [-0.3, -0.25) is 24.2 Å². The molecule has 1 aromatic rings. The molecule has 3 aliphatic heterocycles. The minimum absolute atomic E-state index is 0.213. The van der Waals surface area contributed by atoms with Crippen molar-refractivity contribution in [3.63, 3.8) is 0 Å². The maximum Gasteiger partial charge on any atom is 0.290 e. The Balaban J connectivity index is 0.000000582. The largest absolute Gasteiger partial charge is 0.494 e. The third-order valence-electron chi connectivity index (χ3n) is 5.96. The van der Waals surface area contributed by atoms with E-state index in [2.05, 4.69) is 33.3 Å². The average molecular weight is 466 g/mol. The summed E-state index contributed by atoms with van der Waals surface area (Å²) in [6, 6.07) is 8.47. The van der Waals surface area contributed by atoms with E-state index < -0.39 is 0 Å². The topological polar surface area (TPSA) is 129 Å². The standard InChI is InChI=1S/C21H31N3O3.2CH2O2/c25-21-12-18-15-24(16-19(18)13-22-21)14-17-3-1-4-20(11-17)27-8-2-5-23-6-9-26-10-7-23;2*2-1-3/h1,3-4,11,18-19H,2,5-10,12-16H2,(H,22,25);2*1H,(H,2,3)/t18-,19+;;/m1../s1. The quantitative estimate of drug-likeness (QED) is 0.395. The molecule has 0 unspecified atom stereocenters. The van der Waals surface area contributed by atoms with Crippen LogP contribution >= 0.6 is 0 Å². The number of hydrogen-bond donors (Lipinski definition) is 3. The molecular weight excluding hydrogens is 430 g/mol. The Kier molecular flexibility index (Phi) is 12.2. The van der Waals surface area contributed by atoms with E-state index in [1.165, 1.54) is 5.56 Å². The van der Waals surface area contributed by atoms with Crippen LogP contribution in [0, 0.1) is 11.8 Å². The number of fused-ring (bicyclic) bond motifs is 1. The molecule has 3 aliphatic rings. The molecule has 1 aromatic carbocycles. The Morgan fingerprint density at radius 2 is 1.79 bits per heavy atom. The van der Waals surface area contributed by atoms with E-state index in [1.54, 1.807) is 0 Å². The van der Waals surface area contributed by atoms with Crippen LogP contribution in [0.25, 0.3) is 0 Å². The van der Waals surface area contributed by atoms with Crippen molar-refractivity contribution >= 4 is 18.9 Å². The van der Waals surface area contributed by atoms with E-state index in [-0.39, 0.29) is 18.9 Å². The van der Waals surface area contributed by atoms with Gasteiger partial charge in [0.25, 0.3) is 12.9 Å². The highest BCUT2D eigenvalue weighted by molar-refractivity contribution is 5.77. The Bertz CT molecular complexity index is 722. The van der Waals surface area contributed by atoms with Crippen molar-refractivity contribution in [2.45, 2.75) is 19.4 Å². The molecule has 3 heterocycles. The molecule has 0 bridgehead atoms. The van der Waals surface area contributed by atoms with Crippen molar-refractivity contribution in [1.29, 1.82) is 0 Å². The minimum atomic E-state index is -0.250. The van der Waals surface area contributed by atoms with E-state index in [1.807, 2.05) is 6.07 Å². The number of nitrogens with zero attached hydrogens (tertiary/aromatic N) is 2. The summed E-state index contributed by atoms with van der Waals surface area (Å²) >= 11 is 0. The monoisotopic (exact) mass is 465 g/mol. The van der Waals surface area contributed by atoms with E-state index in [0.29, 0.717) is 18.3 Å². The SMILES string of the molecule is O=C1C[C@@H]2CN(Cc3cccc(OCCCN4CCOCC4)c3)C[C@@H]2CN1.O=CO.O=CO. The Labute approximate surface area is 194 Å². The predicted octanol–water partition coefficient (Wildman–Crippen LogP) is 0.757. The second kappa shape index (κ2) is 15.2. The number of carbonyl (C=O) groups excluding carboxylic acids is 1. The maximum absolute atomic E-state index is 11.6. The van der Waals surface area contributed by atoms with Gasteiger partial charge in [-0.05, 0) is 36.0 Å². The number of carbonyl (C=O) groups is 3. The lowest BCUT2D eigenvalue weighted by molar-refractivity contribution is -0.124. The van der Waals surface area contributed by atoms with Crippen molar-refractivity contribution in [1.82, 2.24) is 15.1 Å². The summed E-state index contributed by atoms with van der Waals surface area (Å²) in [5.74, 6) is 2.31. The fourth-order valence-corrected chi connectivity index (χ4v) is 4.48. The normalized spacial score (nSPS) is 22.5. The van der Waals surface area contributed by atoms with Gasteiger partial charge >= 0.3 is 0 Å². The first-order chi connectivity index (χ1) is 16.1. The number of ether oxygens (including phenoxy) is 2. The first-order valence-corrected chi connectivity index (χ1v) is 11.3. The fraction of sp³-hybridized carbons (Fsp3) is 0.609. The minimum Gasteiger partial charge on any atom is -0.494 e. The summed E-state index contributed by atoms with van der Waals surface area (Å²) in [5.41, 5.74) is 1.29. The Morgan fingerprint density at radius 3 is 2.52 bits per heavy atom. The molecule has 2 atom stereocenters. The van der Waals surface area contributed by atoms with Gasteiger partial charge in [0.1, 0.15) is 5.75 Å². The van der Waals surface area contributed by atoms with Gasteiger partial charge in [-0.25, -0.2) is 0 Å². The fourth-order valence-electron chi connectivity index (χ4n) is 4.48. The number of carboxylic acid groups (broad SMARTS) is 2. The van der Waals surface area contributed by atoms with Crippen LogP contribution in [0.5, 0.6) is 5.75 Å². The molecule has 0 aromatic heterocycles. The molecule has 3 fully saturated rings. The maximum atomic E-state index is 11.6. The summed E-state index contributed by atoms with van der Waals surface area (Å²) in [7, 11) is 0.